The van der Waals surface area contributed by atoms with Crippen molar-refractivity contribution in [3.63, 3.8) is 0 Å². The summed E-state index contributed by atoms with van der Waals surface area (Å²) in [6, 6.07) is 8.93. The Morgan fingerprint density at radius 2 is 2.00 bits per heavy atom. The van der Waals surface area contributed by atoms with Crippen LogP contribution in [0.5, 0.6) is 0 Å². The molecule has 1 saturated heterocycles. The first-order chi connectivity index (χ1) is 9.00. The van der Waals surface area contributed by atoms with Crippen LogP contribution < -0.4 is 5.73 Å². The molecule has 0 radical (unpaired) electrons. The van der Waals surface area contributed by atoms with Gasteiger partial charge in [0.1, 0.15) is 0 Å². The molecule has 0 aromatic heterocycles. The average Bonchev–Trinajstić information content (AvgIpc) is 2.67. The third-order valence-electron chi connectivity index (χ3n) is 3.13. The highest BCUT2D eigenvalue weighted by molar-refractivity contribution is 6.06. The van der Waals surface area contributed by atoms with Gasteiger partial charge in [0.25, 0.3) is 0 Å². The number of hydrogen-bond acceptors (Lipinski definition) is 4. The van der Waals surface area contributed by atoms with Crippen molar-refractivity contribution in [2.75, 3.05) is 6.54 Å². The van der Waals surface area contributed by atoms with Gasteiger partial charge in [0, 0.05) is 6.42 Å². The topological polar surface area (TPSA) is 101 Å². The van der Waals surface area contributed by atoms with Crippen LogP contribution in [-0.2, 0) is 14.4 Å². The van der Waals surface area contributed by atoms with Crippen LogP contribution in [0.1, 0.15) is 17.9 Å². The summed E-state index contributed by atoms with van der Waals surface area (Å²) < 4.78 is 0. The van der Waals surface area contributed by atoms with Crippen LogP contribution in [0.25, 0.3) is 0 Å². The molecule has 2 unspecified atom stereocenters. The molecule has 0 bridgehead atoms. The minimum atomic E-state index is -1.53. The van der Waals surface area contributed by atoms with Gasteiger partial charge in [-0.3, -0.25) is 19.3 Å². The number of nitrogens with zero attached hydrogens (tertiary/aromatic N) is 1. The highest BCUT2D eigenvalue weighted by Crippen LogP contribution is 2.29. The number of hydrogen-bond donors (Lipinski definition) is 2. The number of likely N-dealkylation sites (tertiary alicyclic amines) is 1. The smallest absolute Gasteiger partial charge is 0.248 e. The molecule has 3 amide bonds. The maximum Gasteiger partial charge on any atom is 0.248 e. The molecule has 0 saturated carbocycles. The van der Waals surface area contributed by atoms with Gasteiger partial charge in [0.2, 0.25) is 17.7 Å². The number of rotatable bonds is 4. The maximum atomic E-state index is 12.1. The summed E-state index contributed by atoms with van der Waals surface area (Å²) in [7, 11) is 0. The van der Waals surface area contributed by atoms with Crippen molar-refractivity contribution in [1.82, 2.24) is 4.90 Å². The Kier molecular flexibility index (Phi) is 3.62. The van der Waals surface area contributed by atoms with E-state index < -0.39 is 29.7 Å². The Bertz CT molecular complexity index is 515. The molecule has 1 aliphatic rings. The van der Waals surface area contributed by atoms with Crippen molar-refractivity contribution in [2.24, 2.45) is 5.73 Å². The summed E-state index contributed by atoms with van der Waals surface area (Å²) in [4.78, 5) is 35.6. The van der Waals surface area contributed by atoms with Crippen molar-refractivity contribution in [3.8, 4) is 0 Å². The number of aliphatic hydroxyl groups excluding tert-OH is 1. The third-order valence-corrected chi connectivity index (χ3v) is 3.13. The molecule has 6 heteroatoms. The molecular formula is C13H14N2O4. The van der Waals surface area contributed by atoms with Gasteiger partial charge in [-0.25, -0.2) is 0 Å². The van der Waals surface area contributed by atoms with Crippen LogP contribution in [0.15, 0.2) is 30.3 Å². The summed E-state index contributed by atoms with van der Waals surface area (Å²) in [6.45, 7) is -0.379. The van der Waals surface area contributed by atoms with E-state index in [1.165, 1.54) is 0 Å². The van der Waals surface area contributed by atoms with Crippen LogP contribution in [0.4, 0.5) is 0 Å². The Hall–Kier alpha value is -2.21. The predicted octanol–water partition coefficient (Wildman–Crippen LogP) is -0.625. The van der Waals surface area contributed by atoms with Gasteiger partial charge in [-0.05, 0) is 5.56 Å². The van der Waals surface area contributed by atoms with Crippen LogP contribution in [0, 0.1) is 0 Å². The zero-order chi connectivity index (χ0) is 14.0. The molecular weight excluding hydrogens is 248 g/mol. The zero-order valence-corrected chi connectivity index (χ0v) is 10.2. The lowest BCUT2D eigenvalue weighted by Crippen LogP contribution is -2.42. The molecule has 1 heterocycles. The number of primary amides is 1. The third kappa shape index (κ3) is 2.63. The Balaban J connectivity index is 2.15. The summed E-state index contributed by atoms with van der Waals surface area (Å²) in [5.74, 6) is -2.31. The summed E-state index contributed by atoms with van der Waals surface area (Å²) in [5.41, 5.74) is 5.66. The number of β-amino-alcohol motifs (C(OH)–C–C–N with tert-alkyl or cyclic N) is 1. The number of amides is 3. The molecule has 1 aromatic rings. The number of nitrogens with two attached hydrogens (primary N) is 1. The molecule has 0 aliphatic carbocycles. The van der Waals surface area contributed by atoms with E-state index in [0.29, 0.717) is 0 Å². The van der Waals surface area contributed by atoms with Gasteiger partial charge >= 0.3 is 0 Å². The van der Waals surface area contributed by atoms with Crippen molar-refractivity contribution in [1.29, 1.82) is 0 Å². The predicted molar refractivity (Wildman–Crippen MR) is 65.7 cm³/mol. The average molecular weight is 262 g/mol. The Labute approximate surface area is 109 Å². The van der Waals surface area contributed by atoms with Crippen LogP contribution in [-0.4, -0.2) is 40.4 Å². The van der Waals surface area contributed by atoms with E-state index >= 15 is 0 Å². The van der Waals surface area contributed by atoms with Crippen LogP contribution in [0.2, 0.25) is 0 Å². The maximum absolute atomic E-state index is 12.1. The minimum Gasteiger partial charge on any atom is -0.381 e. The second-order valence-corrected chi connectivity index (χ2v) is 4.43. The summed E-state index contributed by atoms with van der Waals surface area (Å²) >= 11 is 0. The number of carbonyl (C=O) groups excluding carboxylic acids is 3. The van der Waals surface area contributed by atoms with Gasteiger partial charge in [-0.15, -0.1) is 0 Å². The molecule has 19 heavy (non-hydrogen) atoms. The second kappa shape index (κ2) is 5.19. The second-order valence-electron chi connectivity index (χ2n) is 4.43. The van der Waals surface area contributed by atoms with E-state index in [2.05, 4.69) is 0 Å². The van der Waals surface area contributed by atoms with Gasteiger partial charge in [0.05, 0.1) is 12.5 Å². The molecule has 1 aromatic carbocycles. The number of aliphatic hydroxyl groups is 1. The van der Waals surface area contributed by atoms with Gasteiger partial charge in [0.15, 0.2) is 6.10 Å². The molecule has 2 atom stereocenters. The van der Waals surface area contributed by atoms with Crippen LogP contribution >= 0.6 is 0 Å². The molecule has 1 fully saturated rings. The highest BCUT2D eigenvalue weighted by atomic mass is 16.3. The molecule has 6 nitrogen and oxygen atoms in total. The normalized spacial score (nSPS) is 20.7. The Morgan fingerprint density at radius 3 is 2.58 bits per heavy atom. The van der Waals surface area contributed by atoms with Crippen molar-refractivity contribution in [3.05, 3.63) is 35.9 Å². The first kappa shape index (κ1) is 13.2. The lowest BCUT2D eigenvalue weighted by Gasteiger charge is -2.17. The molecule has 3 N–H and O–H groups in total. The van der Waals surface area contributed by atoms with Crippen molar-refractivity contribution >= 4 is 17.7 Å². The largest absolute Gasteiger partial charge is 0.381 e. The van der Waals surface area contributed by atoms with Crippen molar-refractivity contribution in [2.45, 2.75) is 18.4 Å². The summed E-state index contributed by atoms with van der Waals surface area (Å²) in [5, 5.41) is 9.36. The minimum absolute atomic E-state index is 0.0499. The van der Waals surface area contributed by atoms with Gasteiger partial charge < -0.3 is 10.8 Å². The zero-order valence-electron chi connectivity index (χ0n) is 10.2. The Morgan fingerprint density at radius 1 is 1.37 bits per heavy atom. The highest BCUT2D eigenvalue weighted by Gasteiger charge is 2.40. The lowest BCUT2D eigenvalue weighted by atomic mass is 9.98. The monoisotopic (exact) mass is 262 g/mol. The fourth-order valence-electron chi connectivity index (χ4n) is 2.08. The first-order valence-electron chi connectivity index (χ1n) is 5.87. The molecule has 0 spiro atoms. The standard InChI is InChI=1S/C13H14N2O4/c14-12(18)10(16)7-15-11(17)6-9(13(15)19)8-4-2-1-3-5-8/h1-5,9-10,16H,6-7H2,(H2,14,18). The lowest BCUT2D eigenvalue weighted by molar-refractivity contribution is -0.141. The first-order valence-corrected chi connectivity index (χ1v) is 5.87. The van der Waals surface area contributed by atoms with E-state index in [4.69, 9.17) is 5.73 Å². The van der Waals surface area contributed by atoms with Gasteiger partial charge in [-0.1, -0.05) is 30.3 Å². The number of imide groups is 1. The van der Waals surface area contributed by atoms with E-state index in [-0.39, 0.29) is 13.0 Å². The van der Waals surface area contributed by atoms with E-state index in [0.717, 1.165) is 10.5 Å². The van der Waals surface area contributed by atoms with Gasteiger partial charge in [-0.2, -0.15) is 0 Å². The fourth-order valence-corrected chi connectivity index (χ4v) is 2.08. The van der Waals surface area contributed by atoms with E-state index in [9.17, 15) is 19.5 Å². The van der Waals surface area contributed by atoms with E-state index in [1.54, 1.807) is 24.3 Å². The SMILES string of the molecule is NC(=O)C(O)CN1C(=O)CC(c2ccccc2)C1=O. The molecule has 2 rings (SSSR count). The number of benzene rings is 1. The molecule has 1 aliphatic heterocycles. The van der Waals surface area contributed by atoms with Crippen LogP contribution in [0.3, 0.4) is 0 Å². The molecule has 100 valence electrons. The summed E-state index contributed by atoms with van der Waals surface area (Å²) in [6.07, 6.45) is -1.48. The van der Waals surface area contributed by atoms with E-state index in [1.807, 2.05) is 6.07 Å². The van der Waals surface area contributed by atoms with Crippen molar-refractivity contribution < 1.29 is 19.5 Å². The number of carbonyl (C=O) groups is 3. The fraction of sp³-hybridized carbons (Fsp3) is 0.308. The quantitative estimate of drug-likeness (QED) is 0.706.